The monoisotopic (exact) mass is 360 g/mol. The minimum absolute atomic E-state index is 0.0474. The fraction of sp³-hybridized carbons (Fsp3) is 0.600. The van der Waals surface area contributed by atoms with Crippen molar-refractivity contribution in [2.24, 2.45) is 5.92 Å². The summed E-state index contributed by atoms with van der Waals surface area (Å²) < 4.78 is 10.6. The molecule has 0 aromatic heterocycles. The summed E-state index contributed by atoms with van der Waals surface area (Å²) in [6, 6.07) is 8.20. The van der Waals surface area contributed by atoms with Crippen LogP contribution in [0, 0.1) is 5.92 Å². The lowest BCUT2D eigenvalue weighted by atomic mass is 10.1. The van der Waals surface area contributed by atoms with Gasteiger partial charge in [0.1, 0.15) is 5.75 Å². The standard InChI is InChI=1S/C20H28N2O4/c1-15-5-3-10-21(15)11-4-12-26-18-8-6-17(7-9-18)22-14-16(13-19(22)23)20(24)25-2/h6-9,15-16H,3-5,10-14H2,1-2H3. The number of hydrogen-bond donors (Lipinski definition) is 0. The van der Waals surface area contributed by atoms with Crippen molar-refractivity contribution in [3.63, 3.8) is 0 Å². The minimum atomic E-state index is -0.378. The van der Waals surface area contributed by atoms with Crippen molar-refractivity contribution in [3.05, 3.63) is 24.3 Å². The Hall–Kier alpha value is -2.08. The summed E-state index contributed by atoms with van der Waals surface area (Å²) in [5.74, 6) is 0.0534. The van der Waals surface area contributed by atoms with E-state index in [0.717, 1.165) is 24.4 Å². The molecule has 0 saturated carbocycles. The molecule has 2 saturated heterocycles. The number of nitrogens with zero attached hydrogens (tertiary/aromatic N) is 2. The Morgan fingerprint density at radius 2 is 2.04 bits per heavy atom. The number of amides is 1. The van der Waals surface area contributed by atoms with E-state index >= 15 is 0 Å². The van der Waals surface area contributed by atoms with E-state index in [0.29, 0.717) is 19.2 Å². The number of hydrogen-bond acceptors (Lipinski definition) is 5. The highest BCUT2D eigenvalue weighted by molar-refractivity contribution is 5.99. The van der Waals surface area contributed by atoms with Crippen molar-refractivity contribution in [1.82, 2.24) is 4.90 Å². The van der Waals surface area contributed by atoms with Gasteiger partial charge in [-0.1, -0.05) is 0 Å². The van der Waals surface area contributed by atoms with Gasteiger partial charge in [-0.2, -0.15) is 0 Å². The molecule has 2 heterocycles. The summed E-state index contributed by atoms with van der Waals surface area (Å²) in [6.45, 7) is 5.63. The predicted molar refractivity (Wildman–Crippen MR) is 99.3 cm³/mol. The molecule has 142 valence electrons. The molecular formula is C20H28N2O4. The summed E-state index contributed by atoms with van der Waals surface area (Å²) in [5, 5.41) is 0. The molecule has 2 atom stereocenters. The Morgan fingerprint density at radius 3 is 2.69 bits per heavy atom. The zero-order valence-corrected chi connectivity index (χ0v) is 15.6. The van der Waals surface area contributed by atoms with Crippen molar-refractivity contribution in [1.29, 1.82) is 0 Å². The average Bonchev–Trinajstić information content (AvgIpc) is 3.24. The van der Waals surface area contributed by atoms with E-state index < -0.39 is 0 Å². The molecule has 26 heavy (non-hydrogen) atoms. The van der Waals surface area contributed by atoms with E-state index in [-0.39, 0.29) is 24.2 Å². The molecule has 0 aliphatic carbocycles. The van der Waals surface area contributed by atoms with Gasteiger partial charge in [-0.3, -0.25) is 9.59 Å². The quantitative estimate of drug-likeness (QED) is 0.552. The number of ether oxygens (including phenoxy) is 2. The van der Waals surface area contributed by atoms with Crippen LogP contribution in [0.15, 0.2) is 24.3 Å². The molecule has 0 radical (unpaired) electrons. The van der Waals surface area contributed by atoms with Crippen molar-refractivity contribution in [2.75, 3.05) is 38.3 Å². The molecule has 2 fully saturated rings. The second-order valence-electron chi connectivity index (χ2n) is 7.15. The van der Waals surface area contributed by atoms with Crippen molar-refractivity contribution >= 4 is 17.6 Å². The van der Waals surface area contributed by atoms with Gasteiger partial charge in [-0.05, 0) is 57.0 Å². The normalized spacial score (nSPS) is 23.5. The number of methoxy groups -OCH3 is 1. The van der Waals surface area contributed by atoms with E-state index in [1.165, 1.54) is 26.5 Å². The van der Waals surface area contributed by atoms with E-state index in [4.69, 9.17) is 9.47 Å². The number of benzene rings is 1. The molecule has 2 aliphatic heterocycles. The molecular weight excluding hydrogens is 332 g/mol. The molecule has 1 amide bonds. The number of likely N-dealkylation sites (tertiary alicyclic amines) is 1. The van der Waals surface area contributed by atoms with Gasteiger partial charge < -0.3 is 19.3 Å². The molecule has 0 bridgehead atoms. The Morgan fingerprint density at radius 1 is 1.27 bits per heavy atom. The van der Waals surface area contributed by atoms with Gasteiger partial charge >= 0.3 is 5.97 Å². The highest BCUT2D eigenvalue weighted by Gasteiger charge is 2.35. The first-order chi connectivity index (χ1) is 12.6. The van der Waals surface area contributed by atoms with Crippen LogP contribution in [-0.4, -0.2) is 56.2 Å². The third kappa shape index (κ3) is 4.36. The molecule has 2 unspecified atom stereocenters. The summed E-state index contributed by atoms with van der Waals surface area (Å²) in [5.41, 5.74) is 0.791. The van der Waals surface area contributed by atoms with Crippen LogP contribution in [-0.2, 0) is 14.3 Å². The smallest absolute Gasteiger partial charge is 0.311 e. The maximum absolute atomic E-state index is 12.1. The molecule has 3 rings (SSSR count). The molecule has 1 aromatic rings. The Bertz CT molecular complexity index is 631. The molecule has 0 N–H and O–H groups in total. The minimum Gasteiger partial charge on any atom is -0.494 e. The van der Waals surface area contributed by atoms with Crippen molar-refractivity contribution < 1.29 is 19.1 Å². The highest BCUT2D eigenvalue weighted by atomic mass is 16.5. The van der Waals surface area contributed by atoms with Gasteiger partial charge in [0, 0.05) is 31.2 Å². The fourth-order valence-corrected chi connectivity index (χ4v) is 3.79. The topological polar surface area (TPSA) is 59.1 Å². The van der Waals surface area contributed by atoms with Gasteiger partial charge in [0.2, 0.25) is 5.91 Å². The molecule has 2 aliphatic rings. The van der Waals surface area contributed by atoms with Gasteiger partial charge in [0.05, 0.1) is 19.6 Å². The number of anilines is 1. The SMILES string of the molecule is COC(=O)C1CC(=O)N(c2ccc(OCCCN3CCCC3C)cc2)C1. The highest BCUT2D eigenvalue weighted by Crippen LogP contribution is 2.27. The Kier molecular flexibility index (Phi) is 6.14. The van der Waals surface area contributed by atoms with E-state index in [2.05, 4.69) is 11.8 Å². The van der Waals surface area contributed by atoms with Crippen LogP contribution in [0.25, 0.3) is 0 Å². The lowest BCUT2D eigenvalue weighted by Gasteiger charge is -2.20. The van der Waals surface area contributed by atoms with Crippen LogP contribution in [0.5, 0.6) is 5.75 Å². The van der Waals surface area contributed by atoms with Crippen LogP contribution >= 0.6 is 0 Å². The lowest BCUT2D eigenvalue weighted by molar-refractivity contribution is -0.145. The molecule has 1 aromatic carbocycles. The fourth-order valence-electron chi connectivity index (χ4n) is 3.79. The average molecular weight is 360 g/mol. The van der Waals surface area contributed by atoms with Gasteiger partial charge in [0.25, 0.3) is 0 Å². The first-order valence-corrected chi connectivity index (χ1v) is 9.43. The van der Waals surface area contributed by atoms with E-state index in [1.54, 1.807) is 4.90 Å². The van der Waals surface area contributed by atoms with Crippen LogP contribution < -0.4 is 9.64 Å². The molecule has 0 spiro atoms. The van der Waals surface area contributed by atoms with Crippen molar-refractivity contribution in [3.8, 4) is 5.75 Å². The van der Waals surface area contributed by atoms with Crippen LogP contribution in [0.3, 0.4) is 0 Å². The zero-order valence-electron chi connectivity index (χ0n) is 15.6. The summed E-state index contributed by atoms with van der Waals surface area (Å²) in [7, 11) is 1.35. The Labute approximate surface area is 155 Å². The molecule has 6 nitrogen and oxygen atoms in total. The van der Waals surface area contributed by atoms with E-state index in [1.807, 2.05) is 24.3 Å². The second-order valence-corrected chi connectivity index (χ2v) is 7.15. The predicted octanol–water partition coefficient (Wildman–Crippen LogP) is 2.47. The maximum Gasteiger partial charge on any atom is 0.311 e. The largest absolute Gasteiger partial charge is 0.494 e. The number of rotatable bonds is 7. The number of carbonyl (C=O) groups is 2. The van der Waals surface area contributed by atoms with Crippen molar-refractivity contribution in [2.45, 2.75) is 38.6 Å². The first kappa shape index (κ1) is 18.7. The number of carbonyl (C=O) groups excluding carboxylic acids is 2. The summed E-state index contributed by atoms with van der Waals surface area (Å²) in [6.07, 6.45) is 3.82. The summed E-state index contributed by atoms with van der Waals surface area (Å²) in [4.78, 5) is 27.9. The van der Waals surface area contributed by atoms with Crippen LogP contribution in [0.4, 0.5) is 5.69 Å². The first-order valence-electron chi connectivity index (χ1n) is 9.43. The van der Waals surface area contributed by atoms with Gasteiger partial charge in [0.15, 0.2) is 0 Å². The zero-order chi connectivity index (χ0) is 18.5. The van der Waals surface area contributed by atoms with Crippen LogP contribution in [0.1, 0.15) is 32.6 Å². The third-order valence-corrected chi connectivity index (χ3v) is 5.36. The van der Waals surface area contributed by atoms with Gasteiger partial charge in [-0.25, -0.2) is 0 Å². The third-order valence-electron chi connectivity index (χ3n) is 5.36. The lowest BCUT2D eigenvalue weighted by Crippen LogP contribution is -2.28. The van der Waals surface area contributed by atoms with Crippen LogP contribution in [0.2, 0.25) is 0 Å². The second kappa shape index (κ2) is 8.54. The Balaban J connectivity index is 1.46. The molecule has 6 heteroatoms. The number of esters is 1. The summed E-state index contributed by atoms with van der Waals surface area (Å²) >= 11 is 0. The maximum atomic E-state index is 12.1. The van der Waals surface area contributed by atoms with Gasteiger partial charge in [-0.15, -0.1) is 0 Å². The van der Waals surface area contributed by atoms with E-state index in [9.17, 15) is 9.59 Å².